The second-order valence-corrected chi connectivity index (χ2v) is 10.6. The minimum atomic E-state index is -0.289. The maximum atomic E-state index is 12.9. The molecule has 1 fully saturated rings. The fourth-order valence-electron chi connectivity index (χ4n) is 3.48. The van der Waals surface area contributed by atoms with Crippen molar-refractivity contribution in [3.05, 3.63) is 95.9 Å². The Kier molecular flexibility index (Phi) is 8.64. The van der Waals surface area contributed by atoms with Crippen molar-refractivity contribution in [2.75, 3.05) is 13.7 Å². The first-order valence-electron chi connectivity index (χ1n) is 10.6. The number of hydrogen-bond acceptors (Lipinski definition) is 5. The van der Waals surface area contributed by atoms with Crippen LogP contribution in [0.25, 0.3) is 6.08 Å². The highest BCUT2D eigenvalue weighted by atomic mass is 127. The van der Waals surface area contributed by atoms with E-state index in [1.54, 1.807) is 31.4 Å². The van der Waals surface area contributed by atoms with Crippen LogP contribution in [-0.2, 0) is 17.8 Å². The molecule has 0 bridgehead atoms. The Balaban J connectivity index is 1.49. The van der Waals surface area contributed by atoms with Crippen molar-refractivity contribution in [2.24, 2.45) is 0 Å². The molecule has 3 aromatic carbocycles. The second-order valence-electron chi connectivity index (χ2n) is 7.63. The van der Waals surface area contributed by atoms with Gasteiger partial charge in [0, 0.05) is 22.2 Å². The third kappa shape index (κ3) is 6.33. The highest BCUT2D eigenvalue weighted by molar-refractivity contribution is 14.1. The molecule has 0 aromatic heterocycles. The molecule has 0 N–H and O–H groups in total. The zero-order chi connectivity index (χ0) is 24.9. The molecule has 0 aliphatic carbocycles. The molecule has 180 valence electrons. The summed E-state index contributed by atoms with van der Waals surface area (Å²) in [5.41, 5.74) is 2.60. The highest BCUT2D eigenvalue weighted by Crippen LogP contribution is 2.38. The van der Waals surface area contributed by atoms with Crippen LogP contribution in [0.3, 0.4) is 0 Å². The van der Waals surface area contributed by atoms with Crippen molar-refractivity contribution in [3.63, 3.8) is 0 Å². The van der Waals surface area contributed by atoms with Gasteiger partial charge in [0.15, 0.2) is 11.5 Å². The third-order valence-electron chi connectivity index (χ3n) is 5.28. The number of rotatable bonds is 8. The lowest BCUT2D eigenvalue weighted by Gasteiger charge is -2.14. The summed E-state index contributed by atoms with van der Waals surface area (Å²) in [7, 11) is 1.55. The molecule has 0 spiro atoms. The molecule has 0 saturated carbocycles. The Hall–Kier alpha value is -2.20. The van der Waals surface area contributed by atoms with E-state index in [1.165, 1.54) is 4.90 Å². The summed E-state index contributed by atoms with van der Waals surface area (Å²) in [6.07, 6.45) is 2.32. The number of imide groups is 1. The number of carbonyl (C=O) groups excluding carboxylic acids is 2. The molecule has 4 rings (SSSR count). The summed E-state index contributed by atoms with van der Waals surface area (Å²) >= 11 is 15.3. The van der Waals surface area contributed by atoms with E-state index >= 15 is 0 Å². The molecular formula is C26H20Cl2INO4S. The molecule has 9 heteroatoms. The lowest BCUT2D eigenvalue weighted by Crippen LogP contribution is -2.30. The number of carbonyl (C=O) groups is 2. The van der Waals surface area contributed by atoms with Crippen molar-refractivity contribution < 1.29 is 19.1 Å². The van der Waals surface area contributed by atoms with Gasteiger partial charge in [0.25, 0.3) is 11.1 Å². The number of ether oxygens (including phenoxy) is 2. The molecule has 3 aromatic rings. The van der Waals surface area contributed by atoms with Crippen LogP contribution in [-0.4, -0.2) is 29.7 Å². The molecule has 0 unspecified atom stereocenters. The normalized spacial score (nSPS) is 14.6. The molecule has 2 amide bonds. The number of benzene rings is 3. The summed E-state index contributed by atoms with van der Waals surface area (Å²) in [5.74, 6) is 0.784. The van der Waals surface area contributed by atoms with Gasteiger partial charge in [-0.1, -0.05) is 59.6 Å². The lowest BCUT2D eigenvalue weighted by atomic mass is 10.1. The quantitative estimate of drug-likeness (QED) is 0.189. The maximum Gasteiger partial charge on any atom is 0.293 e. The van der Waals surface area contributed by atoms with E-state index in [-0.39, 0.29) is 17.8 Å². The molecular weight excluding hydrogens is 620 g/mol. The number of amides is 2. The Morgan fingerprint density at radius 1 is 1.06 bits per heavy atom. The average molecular weight is 640 g/mol. The van der Waals surface area contributed by atoms with E-state index in [0.29, 0.717) is 39.4 Å². The summed E-state index contributed by atoms with van der Waals surface area (Å²) in [6.45, 7) is 0.578. The third-order valence-corrected chi connectivity index (χ3v) is 7.57. The van der Waals surface area contributed by atoms with Crippen LogP contribution < -0.4 is 9.47 Å². The molecule has 1 aliphatic rings. The van der Waals surface area contributed by atoms with E-state index in [2.05, 4.69) is 22.6 Å². The molecule has 1 aliphatic heterocycles. The Bertz CT molecular complexity index is 1300. The van der Waals surface area contributed by atoms with E-state index in [9.17, 15) is 9.59 Å². The Labute approximate surface area is 231 Å². The van der Waals surface area contributed by atoms with Crippen LogP contribution in [0.1, 0.15) is 16.7 Å². The molecule has 0 radical (unpaired) electrons. The lowest BCUT2D eigenvalue weighted by molar-refractivity contribution is -0.122. The van der Waals surface area contributed by atoms with Gasteiger partial charge in [0.2, 0.25) is 0 Å². The molecule has 1 heterocycles. The van der Waals surface area contributed by atoms with Crippen LogP contribution >= 0.6 is 57.6 Å². The fraction of sp³-hybridized carbons (Fsp3) is 0.154. The molecule has 35 heavy (non-hydrogen) atoms. The molecule has 1 saturated heterocycles. The fourth-order valence-corrected chi connectivity index (χ4v) is 5.59. The zero-order valence-electron chi connectivity index (χ0n) is 18.6. The van der Waals surface area contributed by atoms with Crippen molar-refractivity contribution >= 4 is 74.8 Å². The summed E-state index contributed by atoms with van der Waals surface area (Å²) < 4.78 is 12.3. The van der Waals surface area contributed by atoms with E-state index < -0.39 is 0 Å². The van der Waals surface area contributed by atoms with Crippen LogP contribution in [0.4, 0.5) is 4.79 Å². The van der Waals surface area contributed by atoms with Crippen molar-refractivity contribution in [2.45, 2.75) is 13.0 Å². The Morgan fingerprint density at radius 3 is 2.54 bits per heavy atom. The van der Waals surface area contributed by atoms with Gasteiger partial charge >= 0.3 is 0 Å². The van der Waals surface area contributed by atoms with Crippen molar-refractivity contribution in [1.82, 2.24) is 4.90 Å². The number of hydrogen-bond donors (Lipinski definition) is 0. The van der Waals surface area contributed by atoms with Crippen molar-refractivity contribution in [1.29, 1.82) is 0 Å². The van der Waals surface area contributed by atoms with E-state index in [0.717, 1.165) is 32.0 Å². The van der Waals surface area contributed by atoms with Gasteiger partial charge in [0.1, 0.15) is 6.61 Å². The number of methoxy groups -OCH3 is 1. The van der Waals surface area contributed by atoms with Crippen LogP contribution in [0.2, 0.25) is 10.0 Å². The van der Waals surface area contributed by atoms with Crippen LogP contribution in [0.15, 0.2) is 65.6 Å². The highest BCUT2D eigenvalue weighted by Gasteiger charge is 2.34. The first kappa shape index (κ1) is 25.9. The predicted molar refractivity (Wildman–Crippen MR) is 149 cm³/mol. The SMILES string of the molecule is COc1cc(/C=C2\SC(=O)N(CCc3ccccc3)C2=O)cc(I)c1OCc1ccc(Cl)cc1Cl. The first-order chi connectivity index (χ1) is 16.9. The zero-order valence-corrected chi connectivity index (χ0v) is 23.1. The minimum Gasteiger partial charge on any atom is -0.493 e. The predicted octanol–water partition coefficient (Wildman–Crippen LogP) is 7.46. The van der Waals surface area contributed by atoms with E-state index in [4.69, 9.17) is 32.7 Å². The summed E-state index contributed by atoms with van der Waals surface area (Å²) in [5, 5.41) is 0.810. The second kappa shape index (κ2) is 11.7. The van der Waals surface area contributed by atoms with Gasteiger partial charge in [-0.05, 0) is 82.2 Å². The van der Waals surface area contributed by atoms with Gasteiger partial charge in [-0.3, -0.25) is 14.5 Å². The number of thioether (sulfide) groups is 1. The van der Waals surface area contributed by atoms with Crippen LogP contribution in [0, 0.1) is 3.57 Å². The van der Waals surface area contributed by atoms with Crippen LogP contribution in [0.5, 0.6) is 11.5 Å². The average Bonchev–Trinajstić information content (AvgIpc) is 3.10. The minimum absolute atomic E-state index is 0.238. The number of nitrogens with zero attached hydrogens (tertiary/aromatic N) is 1. The summed E-state index contributed by atoms with van der Waals surface area (Å²) in [4.78, 5) is 27.0. The topological polar surface area (TPSA) is 55.8 Å². The summed E-state index contributed by atoms with van der Waals surface area (Å²) in [6, 6.07) is 18.7. The largest absolute Gasteiger partial charge is 0.493 e. The van der Waals surface area contributed by atoms with Gasteiger partial charge in [-0.25, -0.2) is 0 Å². The standard InChI is InChI=1S/C26H20Cl2INO4S/c1-33-22-12-17(11-21(29)24(22)34-15-18-7-8-19(27)14-20(18)28)13-23-25(31)30(26(32)35-23)10-9-16-5-3-2-4-6-16/h2-8,11-14H,9-10,15H2,1H3/b23-13-. The van der Waals surface area contributed by atoms with E-state index in [1.807, 2.05) is 42.5 Å². The number of halogens is 3. The van der Waals surface area contributed by atoms with Gasteiger partial charge in [-0.15, -0.1) is 0 Å². The van der Waals surface area contributed by atoms with Gasteiger partial charge < -0.3 is 9.47 Å². The van der Waals surface area contributed by atoms with Gasteiger partial charge in [-0.2, -0.15) is 0 Å². The Morgan fingerprint density at radius 2 is 1.83 bits per heavy atom. The maximum absolute atomic E-state index is 12.9. The molecule has 0 atom stereocenters. The smallest absolute Gasteiger partial charge is 0.293 e. The monoisotopic (exact) mass is 639 g/mol. The first-order valence-corrected chi connectivity index (χ1v) is 13.2. The molecule has 5 nitrogen and oxygen atoms in total. The van der Waals surface area contributed by atoms with Crippen molar-refractivity contribution in [3.8, 4) is 11.5 Å². The van der Waals surface area contributed by atoms with Gasteiger partial charge in [0.05, 0.1) is 15.6 Å².